The minimum absolute atomic E-state index is 0.106. The number of thioether (sulfide) groups is 1. The summed E-state index contributed by atoms with van der Waals surface area (Å²) in [5.74, 6) is 0.155. The number of aromatic nitrogens is 2. The maximum Gasteiger partial charge on any atom is 0.234 e. The lowest BCUT2D eigenvalue weighted by Crippen LogP contribution is -2.14. The van der Waals surface area contributed by atoms with Gasteiger partial charge in [0.2, 0.25) is 5.91 Å². The number of amides is 1. The summed E-state index contributed by atoms with van der Waals surface area (Å²) >= 11 is 1.32. The molecule has 0 fully saturated rings. The van der Waals surface area contributed by atoms with Gasteiger partial charge in [-0.05, 0) is 44.5 Å². The monoisotopic (exact) mass is 302 g/mol. The molecule has 0 unspecified atom stereocenters. The zero-order valence-corrected chi connectivity index (χ0v) is 13.1. The van der Waals surface area contributed by atoms with E-state index in [4.69, 9.17) is 5.73 Å². The van der Waals surface area contributed by atoms with E-state index in [1.807, 2.05) is 39.0 Å². The first-order valence-corrected chi connectivity index (χ1v) is 7.53. The summed E-state index contributed by atoms with van der Waals surface area (Å²) in [6.45, 7) is 5.75. The van der Waals surface area contributed by atoms with Crippen LogP contribution in [0.15, 0.2) is 29.4 Å². The SMILES string of the molecule is Cc1cc(C)nc(SCC(=O)Nc2ccc(C)c(N)c2)n1. The molecule has 5 nitrogen and oxygen atoms in total. The van der Waals surface area contributed by atoms with Crippen molar-refractivity contribution in [2.45, 2.75) is 25.9 Å². The predicted octanol–water partition coefficient (Wildman–Crippen LogP) is 2.71. The van der Waals surface area contributed by atoms with Gasteiger partial charge >= 0.3 is 0 Å². The molecule has 2 aromatic rings. The number of carbonyl (C=O) groups excluding carboxylic acids is 1. The van der Waals surface area contributed by atoms with E-state index in [1.165, 1.54) is 11.8 Å². The summed E-state index contributed by atoms with van der Waals surface area (Å²) < 4.78 is 0. The van der Waals surface area contributed by atoms with Crippen molar-refractivity contribution >= 4 is 29.0 Å². The van der Waals surface area contributed by atoms with Crippen LogP contribution in [0, 0.1) is 20.8 Å². The Kier molecular flexibility index (Phi) is 4.80. The number of nitrogens with zero attached hydrogens (tertiary/aromatic N) is 2. The van der Waals surface area contributed by atoms with Gasteiger partial charge < -0.3 is 11.1 Å². The van der Waals surface area contributed by atoms with E-state index in [1.54, 1.807) is 6.07 Å². The van der Waals surface area contributed by atoms with Crippen LogP contribution in [0.1, 0.15) is 17.0 Å². The normalized spacial score (nSPS) is 10.4. The molecule has 110 valence electrons. The van der Waals surface area contributed by atoms with Gasteiger partial charge in [-0.15, -0.1) is 0 Å². The number of hydrogen-bond acceptors (Lipinski definition) is 5. The molecular weight excluding hydrogens is 284 g/mol. The van der Waals surface area contributed by atoms with E-state index in [-0.39, 0.29) is 11.7 Å². The number of nitrogens with one attached hydrogen (secondary N) is 1. The smallest absolute Gasteiger partial charge is 0.234 e. The van der Waals surface area contributed by atoms with Gasteiger partial charge in [0.15, 0.2) is 5.16 Å². The minimum atomic E-state index is -0.106. The number of anilines is 2. The van der Waals surface area contributed by atoms with Crippen molar-refractivity contribution in [3.8, 4) is 0 Å². The maximum absolute atomic E-state index is 11.9. The molecule has 0 spiro atoms. The van der Waals surface area contributed by atoms with E-state index in [0.29, 0.717) is 16.5 Å². The fourth-order valence-electron chi connectivity index (χ4n) is 1.80. The maximum atomic E-state index is 11.9. The third-order valence-corrected chi connectivity index (χ3v) is 3.70. The van der Waals surface area contributed by atoms with Crippen molar-refractivity contribution in [3.63, 3.8) is 0 Å². The van der Waals surface area contributed by atoms with E-state index in [2.05, 4.69) is 15.3 Å². The quantitative estimate of drug-likeness (QED) is 0.515. The van der Waals surface area contributed by atoms with Crippen molar-refractivity contribution in [1.29, 1.82) is 0 Å². The van der Waals surface area contributed by atoms with E-state index < -0.39 is 0 Å². The Morgan fingerprint density at radius 1 is 1.19 bits per heavy atom. The Hall–Kier alpha value is -2.08. The number of aryl methyl sites for hydroxylation is 3. The highest BCUT2D eigenvalue weighted by molar-refractivity contribution is 7.99. The van der Waals surface area contributed by atoms with Crippen molar-refractivity contribution in [2.24, 2.45) is 0 Å². The van der Waals surface area contributed by atoms with E-state index in [0.717, 1.165) is 17.0 Å². The molecule has 0 bridgehead atoms. The van der Waals surface area contributed by atoms with Gasteiger partial charge in [-0.3, -0.25) is 4.79 Å². The Labute approximate surface area is 128 Å². The molecular formula is C15H18N4OS. The average Bonchev–Trinajstić information content (AvgIpc) is 2.40. The number of rotatable bonds is 4. The predicted molar refractivity (Wildman–Crippen MR) is 86.5 cm³/mol. The fraction of sp³-hybridized carbons (Fsp3) is 0.267. The summed E-state index contributed by atoms with van der Waals surface area (Å²) in [4.78, 5) is 20.5. The highest BCUT2D eigenvalue weighted by Crippen LogP contribution is 2.18. The lowest BCUT2D eigenvalue weighted by atomic mass is 10.2. The van der Waals surface area contributed by atoms with Crippen LogP contribution in [0.2, 0.25) is 0 Å². The Morgan fingerprint density at radius 3 is 2.48 bits per heavy atom. The molecule has 1 heterocycles. The second-order valence-electron chi connectivity index (χ2n) is 4.84. The molecule has 0 atom stereocenters. The molecule has 1 aromatic heterocycles. The molecule has 1 aromatic carbocycles. The van der Waals surface area contributed by atoms with Crippen LogP contribution in [0.25, 0.3) is 0 Å². The van der Waals surface area contributed by atoms with E-state index >= 15 is 0 Å². The third-order valence-electron chi connectivity index (χ3n) is 2.86. The zero-order valence-electron chi connectivity index (χ0n) is 12.3. The molecule has 0 radical (unpaired) electrons. The van der Waals surface area contributed by atoms with Crippen molar-refractivity contribution in [3.05, 3.63) is 41.2 Å². The summed E-state index contributed by atoms with van der Waals surface area (Å²) in [7, 11) is 0. The molecule has 0 aliphatic carbocycles. The molecule has 21 heavy (non-hydrogen) atoms. The zero-order chi connectivity index (χ0) is 15.4. The van der Waals surface area contributed by atoms with Crippen molar-refractivity contribution < 1.29 is 4.79 Å². The van der Waals surface area contributed by atoms with Gasteiger partial charge in [0.1, 0.15) is 0 Å². The summed E-state index contributed by atoms with van der Waals surface area (Å²) in [6.07, 6.45) is 0. The van der Waals surface area contributed by atoms with Gasteiger partial charge in [0.25, 0.3) is 0 Å². The van der Waals surface area contributed by atoms with Gasteiger partial charge in [0, 0.05) is 22.8 Å². The first kappa shape index (κ1) is 15.3. The van der Waals surface area contributed by atoms with Crippen LogP contribution in [-0.2, 0) is 4.79 Å². The molecule has 0 saturated carbocycles. The molecule has 0 aliphatic heterocycles. The molecule has 0 saturated heterocycles. The van der Waals surface area contributed by atoms with E-state index in [9.17, 15) is 4.79 Å². The largest absolute Gasteiger partial charge is 0.398 e. The molecule has 2 rings (SSSR count). The van der Waals surface area contributed by atoms with Crippen LogP contribution in [0.3, 0.4) is 0 Å². The second kappa shape index (κ2) is 6.58. The van der Waals surface area contributed by atoms with Crippen LogP contribution in [0.5, 0.6) is 0 Å². The van der Waals surface area contributed by atoms with Crippen molar-refractivity contribution in [1.82, 2.24) is 9.97 Å². The molecule has 0 aliphatic rings. The fourth-order valence-corrected chi connectivity index (χ4v) is 2.55. The van der Waals surface area contributed by atoms with Crippen LogP contribution < -0.4 is 11.1 Å². The summed E-state index contributed by atoms with van der Waals surface area (Å²) in [5.41, 5.74) is 9.97. The topological polar surface area (TPSA) is 80.9 Å². The van der Waals surface area contributed by atoms with Gasteiger partial charge in [0.05, 0.1) is 5.75 Å². The average molecular weight is 302 g/mol. The standard InChI is InChI=1S/C15H18N4OS/c1-9-4-5-12(7-13(9)16)19-14(20)8-21-15-17-10(2)6-11(3)18-15/h4-7H,8,16H2,1-3H3,(H,19,20). The van der Waals surface area contributed by atoms with Gasteiger partial charge in [-0.2, -0.15) is 0 Å². The molecule has 1 amide bonds. The highest BCUT2D eigenvalue weighted by atomic mass is 32.2. The van der Waals surface area contributed by atoms with Crippen LogP contribution in [-0.4, -0.2) is 21.6 Å². The third kappa shape index (κ3) is 4.46. The highest BCUT2D eigenvalue weighted by Gasteiger charge is 2.07. The van der Waals surface area contributed by atoms with Crippen molar-refractivity contribution in [2.75, 3.05) is 16.8 Å². The first-order chi connectivity index (χ1) is 9.94. The lowest BCUT2D eigenvalue weighted by Gasteiger charge is -2.07. The minimum Gasteiger partial charge on any atom is -0.398 e. The Morgan fingerprint density at radius 2 is 1.86 bits per heavy atom. The number of hydrogen-bond donors (Lipinski definition) is 2. The number of nitrogen functional groups attached to an aromatic ring is 1. The molecule has 3 N–H and O–H groups in total. The first-order valence-electron chi connectivity index (χ1n) is 6.55. The second-order valence-corrected chi connectivity index (χ2v) is 5.78. The van der Waals surface area contributed by atoms with Gasteiger partial charge in [-0.1, -0.05) is 17.8 Å². The number of nitrogens with two attached hydrogens (primary N) is 1. The number of benzene rings is 1. The Balaban J connectivity index is 1.94. The Bertz CT molecular complexity index is 652. The summed E-state index contributed by atoms with van der Waals surface area (Å²) in [6, 6.07) is 7.37. The van der Waals surface area contributed by atoms with Crippen LogP contribution in [0.4, 0.5) is 11.4 Å². The lowest BCUT2D eigenvalue weighted by molar-refractivity contribution is -0.113. The van der Waals surface area contributed by atoms with Gasteiger partial charge in [-0.25, -0.2) is 9.97 Å². The number of carbonyl (C=O) groups is 1. The summed E-state index contributed by atoms with van der Waals surface area (Å²) in [5, 5.41) is 3.43. The molecule has 6 heteroatoms. The van der Waals surface area contributed by atoms with Crippen LogP contribution >= 0.6 is 11.8 Å².